The van der Waals surface area contributed by atoms with E-state index in [4.69, 9.17) is 4.74 Å². The molecule has 0 aliphatic carbocycles. The summed E-state index contributed by atoms with van der Waals surface area (Å²) in [5.41, 5.74) is 0.529. The quantitative estimate of drug-likeness (QED) is 0.542. The second kappa shape index (κ2) is 8.97. The first kappa shape index (κ1) is 17.0. The molecule has 1 aromatic carbocycles. The number of carbonyl (C=O) groups excluding carboxylic acids is 1. The van der Waals surface area contributed by atoms with Crippen molar-refractivity contribution in [3.05, 3.63) is 61.2 Å². The van der Waals surface area contributed by atoms with E-state index in [9.17, 15) is 4.79 Å². The SMILES string of the molecule is C=CCNCC(C)(CC=C)NC(=O)OCc1ccccc1. The van der Waals surface area contributed by atoms with Crippen LogP contribution in [-0.4, -0.2) is 24.7 Å². The number of amides is 1. The zero-order valence-corrected chi connectivity index (χ0v) is 12.6. The number of nitrogens with one attached hydrogen (secondary N) is 2. The van der Waals surface area contributed by atoms with Crippen molar-refractivity contribution in [2.75, 3.05) is 13.1 Å². The molecular formula is C17H24N2O2. The molecule has 0 radical (unpaired) electrons. The molecule has 0 saturated heterocycles. The first-order valence-corrected chi connectivity index (χ1v) is 7.01. The highest BCUT2D eigenvalue weighted by molar-refractivity contribution is 5.68. The van der Waals surface area contributed by atoms with Gasteiger partial charge in [0.05, 0.1) is 5.54 Å². The molecular weight excluding hydrogens is 264 g/mol. The second-order valence-electron chi connectivity index (χ2n) is 5.16. The Labute approximate surface area is 126 Å². The lowest BCUT2D eigenvalue weighted by Gasteiger charge is -2.29. The highest BCUT2D eigenvalue weighted by atomic mass is 16.5. The van der Waals surface area contributed by atoms with Crippen molar-refractivity contribution in [3.63, 3.8) is 0 Å². The molecule has 0 saturated carbocycles. The molecule has 1 rings (SSSR count). The lowest BCUT2D eigenvalue weighted by atomic mass is 9.98. The number of alkyl carbamates (subject to hydrolysis) is 1. The third kappa shape index (κ3) is 6.77. The fourth-order valence-corrected chi connectivity index (χ4v) is 1.94. The van der Waals surface area contributed by atoms with Crippen LogP contribution >= 0.6 is 0 Å². The molecule has 2 N–H and O–H groups in total. The van der Waals surface area contributed by atoms with Gasteiger partial charge in [-0.25, -0.2) is 4.79 Å². The predicted octanol–water partition coefficient (Wildman–Crippen LogP) is 3.02. The fraction of sp³-hybridized carbons (Fsp3) is 0.353. The largest absolute Gasteiger partial charge is 0.445 e. The molecule has 0 spiro atoms. The van der Waals surface area contributed by atoms with Crippen LogP contribution in [0.15, 0.2) is 55.6 Å². The molecule has 1 amide bonds. The van der Waals surface area contributed by atoms with Crippen LogP contribution in [0.2, 0.25) is 0 Å². The summed E-state index contributed by atoms with van der Waals surface area (Å²) in [5, 5.41) is 6.10. The monoisotopic (exact) mass is 288 g/mol. The van der Waals surface area contributed by atoms with Crippen molar-refractivity contribution in [2.45, 2.75) is 25.5 Å². The third-order valence-corrected chi connectivity index (χ3v) is 3.02. The first-order valence-electron chi connectivity index (χ1n) is 7.01. The van der Waals surface area contributed by atoms with Crippen LogP contribution in [0.3, 0.4) is 0 Å². The Hall–Kier alpha value is -2.07. The van der Waals surface area contributed by atoms with Crippen molar-refractivity contribution < 1.29 is 9.53 Å². The standard InChI is InChI=1S/C17H24N2O2/c1-4-11-17(3,14-18-12-5-2)19-16(20)21-13-15-9-7-6-8-10-15/h4-10,18H,1-2,11-14H2,3H3,(H,19,20). The Kier molecular flexibility index (Phi) is 7.26. The number of hydrogen-bond acceptors (Lipinski definition) is 3. The van der Waals surface area contributed by atoms with Crippen molar-refractivity contribution in [2.24, 2.45) is 0 Å². The number of ether oxygens (including phenoxy) is 1. The summed E-state index contributed by atoms with van der Waals surface area (Å²) in [6, 6.07) is 9.59. The van der Waals surface area contributed by atoms with Gasteiger partial charge in [-0.2, -0.15) is 0 Å². The summed E-state index contributed by atoms with van der Waals surface area (Å²) in [6.45, 7) is 10.9. The Balaban J connectivity index is 2.47. The maximum absolute atomic E-state index is 11.9. The Bertz CT molecular complexity index is 459. The summed E-state index contributed by atoms with van der Waals surface area (Å²) in [4.78, 5) is 11.9. The summed E-state index contributed by atoms with van der Waals surface area (Å²) in [5.74, 6) is 0. The van der Waals surface area contributed by atoms with Crippen LogP contribution in [0.25, 0.3) is 0 Å². The Morgan fingerprint density at radius 2 is 2.00 bits per heavy atom. The van der Waals surface area contributed by atoms with Crippen molar-refractivity contribution in [1.29, 1.82) is 0 Å². The molecule has 1 unspecified atom stereocenters. The maximum Gasteiger partial charge on any atom is 0.407 e. The van der Waals surface area contributed by atoms with Gasteiger partial charge < -0.3 is 15.4 Å². The number of rotatable bonds is 9. The maximum atomic E-state index is 11.9. The van der Waals surface area contributed by atoms with E-state index in [1.54, 1.807) is 12.2 Å². The topological polar surface area (TPSA) is 50.4 Å². The molecule has 0 aliphatic rings. The highest BCUT2D eigenvalue weighted by Gasteiger charge is 2.25. The zero-order valence-electron chi connectivity index (χ0n) is 12.6. The van der Waals surface area contributed by atoms with Crippen molar-refractivity contribution >= 4 is 6.09 Å². The zero-order chi connectivity index (χ0) is 15.6. The molecule has 0 fully saturated rings. The minimum atomic E-state index is -0.432. The van der Waals surface area contributed by atoms with E-state index in [1.165, 1.54) is 0 Å². The fourth-order valence-electron chi connectivity index (χ4n) is 1.94. The smallest absolute Gasteiger partial charge is 0.407 e. The minimum absolute atomic E-state index is 0.261. The Morgan fingerprint density at radius 1 is 1.29 bits per heavy atom. The van der Waals surface area contributed by atoms with Gasteiger partial charge in [0.1, 0.15) is 6.61 Å². The molecule has 114 valence electrons. The van der Waals surface area contributed by atoms with E-state index in [2.05, 4.69) is 23.8 Å². The second-order valence-corrected chi connectivity index (χ2v) is 5.16. The number of carbonyl (C=O) groups is 1. The van der Waals surface area contributed by atoms with Crippen molar-refractivity contribution in [3.8, 4) is 0 Å². The summed E-state index contributed by atoms with van der Waals surface area (Å²) in [7, 11) is 0. The normalized spacial score (nSPS) is 13.0. The van der Waals surface area contributed by atoms with Crippen LogP contribution in [0.5, 0.6) is 0 Å². The van der Waals surface area contributed by atoms with Crippen LogP contribution in [0.1, 0.15) is 18.9 Å². The lowest BCUT2D eigenvalue weighted by Crippen LogP contribution is -2.52. The lowest BCUT2D eigenvalue weighted by molar-refractivity contribution is 0.127. The van der Waals surface area contributed by atoms with Crippen molar-refractivity contribution in [1.82, 2.24) is 10.6 Å². The summed E-state index contributed by atoms with van der Waals surface area (Å²) in [6.07, 6.45) is 3.79. The van der Waals surface area contributed by atoms with Gasteiger partial charge in [0, 0.05) is 13.1 Å². The summed E-state index contributed by atoms with van der Waals surface area (Å²) >= 11 is 0. The third-order valence-electron chi connectivity index (χ3n) is 3.02. The molecule has 1 aromatic rings. The van der Waals surface area contributed by atoms with Crippen LogP contribution < -0.4 is 10.6 Å². The van der Waals surface area contributed by atoms with E-state index in [0.717, 1.165) is 5.56 Å². The van der Waals surface area contributed by atoms with Gasteiger partial charge in [0.2, 0.25) is 0 Å². The molecule has 0 aliphatic heterocycles. The number of hydrogen-bond donors (Lipinski definition) is 2. The summed E-state index contributed by atoms with van der Waals surface area (Å²) < 4.78 is 5.24. The van der Waals surface area contributed by atoms with E-state index in [-0.39, 0.29) is 6.61 Å². The Morgan fingerprint density at radius 3 is 2.62 bits per heavy atom. The molecule has 0 bridgehead atoms. The molecule has 4 nitrogen and oxygen atoms in total. The van der Waals surface area contributed by atoms with E-state index >= 15 is 0 Å². The predicted molar refractivity (Wildman–Crippen MR) is 86.0 cm³/mol. The highest BCUT2D eigenvalue weighted by Crippen LogP contribution is 2.10. The van der Waals surface area contributed by atoms with Gasteiger partial charge >= 0.3 is 6.09 Å². The average Bonchev–Trinajstić information content (AvgIpc) is 2.47. The molecule has 21 heavy (non-hydrogen) atoms. The van der Waals surface area contributed by atoms with Gasteiger partial charge in [-0.05, 0) is 18.9 Å². The van der Waals surface area contributed by atoms with Gasteiger partial charge in [-0.1, -0.05) is 42.5 Å². The van der Waals surface area contributed by atoms with E-state index in [1.807, 2.05) is 37.3 Å². The van der Waals surface area contributed by atoms with Gasteiger partial charge in [0.25, 0.3) is 0 Å². The van der Waals surface area contributed by atoms with Gasteiger partial charge in [0.15, 0.2) is 0 Å². The van der Waals surface area contributed by atoms with Gasteiger partial charge in [-0.3, -0.25) is 0 Å². The average molecular weight is 288 g/mol. The number of benzene rings is 1. The first-order chi connectivity index (χ1) is 10.1. The van der Waals surface area contributed by atoms with Gasteiger partial charge in [-0.15, -0.1) is 13.2 Å². The van der Waals surface area contributed by atoms with Crippen LogP contribution in [0, 0.1) is 0 Å². The molecule has 1 atom stereocenters. The van der Waals surface area contributed by atoms with Crippen LogP contribution in [0.4, 0.5) is 4.79 Å². The minimum Gasteiger partial charge on any atom is -0.445 e. The van der Waals surface area contributed by atoms with E-state index in [0.29, 0.717) is 19.5 Å². The molecule has 4 heteroatoms. The van der Waals surface area contributed by atoms with Crippen LogP contribution in [-0.2, 0) is 11.3 Å². The van der Waals surface area contributed by atoms with E-state index < -0.39 is 11.6 Å². The molecule has 0 heterocycles. The molecule has 0 aromatic heterocycles.